The fourth-order valence-corrected chi connectivity index (χ4v) is 4.25. The number of hydrogen-bond donors (Lipinski definition) is 0. The zero-order valence-corrected chi connectivity index (χ0v) is 12.4. The zero-order valence-electron chi connectivity index (χ0n) is 10.7. The molecule has 0 bridgehead atoms. The molecule has 0 spiro atoms. The Morgan fingerprint density at radius 3 is 2.70 bits per heavy atom. The number of hydrogen-bond acceptors (Lipinski definition) is 4. The van der Waals surface area contributed by atoms with Crippen molar-refractivity contribution in [2.45, 2.75) is 4.90 Å². The minimum Gasteiger partial charge on any atom is -0.267 e. The normalized spacial score (nSPS) is 11.7. The number of aromatic nitrogens is 1. The Hall–Kier alpha value is -1.92. The number of benzene rings is 1. The fraction of sp³-hybridized carbons (Fsp3) is 0.0714. The van der Waals surface area contributed by atoms with Gasteiger partial charge in [-0.1, -0.05) is 24.3 Å². The number of fused-ring (bicyclic) bond motifs is 1. The molecule has 6 heteroatoms. The molecule has 0 aliphatic heterocycles. The first-order chi connectivity index (χ1) is 9.60. The monoisotopic (exact) mass is 304 g/mol. The third-order valence-electron chi connectivity index (χ3n) is 3.14. The van der Waals surface area contributed by atoms with E-state index in [-0.39, 0.29) is 0 Å². The van der Waals surface area contributed by atoms with Crippen LogP contribution in [0.1, 0.15) is 0 Å². The summed E-state index contributed by atoms with van der Waals surface area (Å²) in [5.74, 6) is 0. The molecule has 20 heavy (non-hydrogen) atoms. The molecule has 1 aromatic carbocycles. The molecule has 3 rings (SSSR count). The summed E-state index contributed by atoms with van der Waals surface area (Å²) in [6, 6.07) is 9.20. The van der Waals surface area contributed by atoms with E-state index in [1.807, 2.05) is 24.3 Å². The average molecular weight is 304 g/mol. The van der Waals surface area contributed by atoms with E-state index in [2.05, 4.69) is 4.98 Å². The summed E-state index contributed by atoms with van der Waals surface area (Å²) in [6.07, 6.45) is 3.30. The van der Waals surface area contributed by atoms with Gasteiger partial charge in [0.05, 0.1) is 16.8 Å². The molecule has 4 nitrogen and oxygen atoms in total. The van der Waals surface area contributed by atoms with Gasteiger partial charge in [-0.3, -0.25) is 9.29 Å². The quantitative estimate of drug-likeness (QED) is 0.747. The van der Waals surface area contributed by atoms with E-state index >= 15 is 0 Å². The minimum atomic E-state index is -3.54. The predicted molar refractivity (Wildman–Crippen MR) is 81.7 cm³/mol. The lowest BCUT2D eigenvalue weighted by Crippen LogP contribution is -2.26. The van der Waals surface area contributed by atoms with Crippen molar-refractivity contribution in [3.05, 3.63) is 53.5 Å². The second kappa shape index (κ2) is 4.88. The van der Waals surface area contributed by atoms with Gasteiger partial charge in [0, 0.05) is 29.4 Å². The average Bonchev–Trinajstić information content (AvgIpc) is 3.01. The highest BCUT2D eigenvalue weighted by atomic mass is 32.2. The van der Waals surface area contributed by atoms with Crippen molar-refractivity contribution in [1.82, 2.24) is 4.98 Å². The molecule has 0 atom stereocenters. The Kier molecular flexibility index (Phi) is 3.19. The number of thiophene rings is 1. The van der Waals surface area contributed by atoms with Crippen LogP contribution in [0, 0.1) is 0 Å². The molecule has 102 valence electrons. The molecule has 0 saturated heterocycles. The standard InChI is InChI=1S/C14H12N2O2S2/c1-16(20(17,18)12-6-7-19-10-12)14-9-15-8-11-4-2-3-5-13(11)14/h2-10H,1H3. The Balaban J connectivity index is 2.17. The zero-order chi connectivity index (χ0) is 14.2. The van der Waals surface area contributed by atoms with Crippen molar-refractivity contribution in [3.63, 3.8) is 0 Å². The maximum absolute atomic E-state index is 12.5. The molecule has 2 heterocycles. The van der Waals surface area contributed by atoms with Crippen molar-refractivity contribution >= 4 is 37.8 Å². The van der Waals surface area contributed by atoms with E-state index in [9.17, 15) is 8.42 Å². The second-order valence-electron chi connectivity index (χ2n) is 4.31. The van der Waals surface area contributed by atoms with E-state index < -0.39 is 10.0 Å². The van der Waals surface area contributed by atoms with Gasteiger partial charge in [0.25, 0.3) is 10.0 Å². The van der Waals surface area contributed by atoms with Gasteiger partial charge in [0.2, 0.25) is 0 Å². The van der Waals surface area contributed by atoms with Gasteiger partial charge >= 0.3 is 0 Å². The Morgan fingerprint density at radius 1 is 1.15 bits per heavy atom. The summed E-state index contributed by atoms with van der Waals surface area (Å²) in [4.78, 5) is 4.43. The molecule has 0 aliphatic carbocycles. The van der Waals surface area contributed by atoms with Gasteiger partial charge in [-0.15, -0.1) is 0 Å². The SMILES string of the molecule is CN(c1cncc2ccccc12)S(=O)(=O)c1ccsc1. The van der Waals surface area contributed by atoms with Crippen LogP contribution in [0.3, 0.4) is 0 Å². The summed E-state index contributed by atoms with van der Waals surface area (Å²) < 4.78 is 26.4. The van der Waals surface area contributed by atoms with Gasteiger partial charge in [-0.25, -0.2) is 8.42 Å². The predicted octanol–water partition coefficient (Wildman–Crippen LogP) is 3.12. The topological polar surface area (TPSA) is 50.3 Å². The third-order valence-corrected chi connectivity index (χ3v) is 5.74. The number of pyridine rings is 1. The summed E-state index contributed by atoms with van der Waals surface area (Å²) in [5, 5.41) is 5.16. The van der Waals surface area contributed by atoms with Crippen LogP contribution in [0.15, 0.2) is 58.4 Å². The number of nitrogens with zero attached hydrogens (tertiary/aromatic N) is 2. The molecule has 3 aromatic rings. The van der Waals surface area contributed by atoms with Crippen molar-refractivity contribution in [2.75, 3.05) is 11.4 Å². The first kappa shape index (κ1) is 13.1. The van der Waals surface area contributed by atoms with E-state index in [4.69, 9.17) is 0 Å². The van der Waals surface area contributed by atoms with Gasteiger partial charge in [0.15, 0.2) is 0 Å². The van der Waals surface area contributed by atoms with Gasteiger partial charge in [-0.05, 0) is 11.4 Å². The van der Waals surface area contributed by atoms with Crippen LogP contribution in [0.2, 0.25) is 0 Å². The van der Waals surface area contributed by atoms with Crippen LogP contribution in [-0.2, 0) is 10.0 Å². The summed E-state index contributed by atoms with van der Waals surface area (Å²) >= 11 is 1.36. The van der Waals surface area contributed by atoms with E-state index in [1.54, 1.807) is 36.3 Å². The lowest BCUT2D eigenvalue weighted by Gasteiger charge is -2.20. The van der Waals surface area contributed by atoms with Gasteiger partial charge in [0.1, 0.15) is 0 Å². The molecule has 0 radical (unpaired) electrons. The molecule has 2 aromatic heterocycles. The molecule has 0 saturated carbocycles. The van der Waals surface area contributed by atoms with Crippen molar-refractivity contribution in [1.29, 1.82) is 0 Å². The number of sulfonamides is 1. The maximum atomic E-state index is 12.5. The van der Waals surface area contributed by atoms with Crippen LogP contribution < -0.4 is 4.31 Å². The molecule has 0 amide bonds. The fourth-order valence-electron chi connectivity index (χ4n) is 2.04. The van der Waals surface area contributed by atoms with E-state index in [0.717, 1.165) is 10.8 Å². The molecule has 0 fully saturated rings. The molecular weight excluding hydrogens is 292 g/mol. The summed E-state index contributed by atoms with van der Waals surface area (Å²) in [7, 11) is -1.98. The highest BCUT2D eigenvalue weighted by Crippen LogP contribution is 2.29. The van der Waals surface area contributed by atoms with Gasteiger partial charge in [-0.2, -0.15) is 11.3 Å². The van der Waals surface area contributed by atoms with Crippen LogP contribution in [0.25, 0.3) is 10.8 Å². The van der Waals surface area contributed by atoms with E-state index in [0.29, 0.717) is 10.6 Å². The third kappa shape index (κ3) is 2.07. The summed E-state index contributed by atoms with van der Waals surface area (Å²) in [5.41, 5.74) is 0.578. The highest BCUT2D eigenvalue weighted by Gasteiger charge is 2.23. The van der Waals surface area contributed by atoms with Crippen LogP contribution in [0.5, 0.6) is 0 Å². The Bertz CT molecular complexity index is 837. The lowest BCUT2D eigenvalue weighted by atomic mass is 10.1. The van der Waals surface area contributed by atoms with Gasteiger partial charge < -0.3 is 0 Å². The molecule has 0 aliphatic rings. The van der Waals surface area contributed by atoms with Crippen LogP contribution in [-0.4, -0.2) is 20.4 Å². The van der Waals surface area contributed by atoms with Crippen LogP contribution >= 0.6 is 11.3 Å². The van der Waals surface area contributed by atoms with Crippen LogP contribution in [0.4, 0.5) is 5.69 Å². The van der Waals surface area contributed by atoms with Crippen molar-refractivity contribution < 1.29 is 8.42 Å². The maximum Gasteiger partial charge on any atom is 0.264 e. The Morgan fingerprint density at radius 2 is 1.95 bits per heavy atom. The van der Waals surface area contributed by atoms with Crippen molar-refractivity contribution in [2.24, 2.45) is 0 Å². The first-order valence-electron chi connectivity index (χ1n) is 5.94. The molecule has 0 unspecified atom stereocenters. The summed E-state index contributed by atoms with van der Waals surface area (Å²) in [6.45, 7) is 0. The molecular formula is C14H12N2O2S2. The largest absolute Gasteiger partial charge is 0.267 e. The molecule has 0 N–H and O–H groups in total. The minimum absolute atomic E-state index is 0.304. The van der Waals surface area contributed by atoms with Crippen molar-refractivity contribution in [3.8, 4) is 0 Å². The highest BCUT2D eigenvalue weighted by molar-refractivity contribution is 7.93. The van der Waals surface area contributed by atoms with E-state index in [1.165, 1.54) is 15.6 Å². The smallest absolute Gasteiger partial charge is 0.264 e. The first-order valence-corrected chi connectivity index (χ1v) is 8.33. The Labute approximate surface area is 121 Å². The number of rotatable bonds is 3. The lowest BCUT2D eigenvalue weighted by molar-refractivity contribution is 0.595. The number of anilines is 1. The second-order valence-corrected chi connectivity index (χ2v) is 7.06.